The lowest BCUT2D eigenvalue weighted by atomic mass is 10.1. The van der Waals surface area contributed by atoms with Crippen molar-refractivity contribution in [2.75, 3.05) is 7.05 Å². The fraction of sp³-hybridized carbons (Fsp3) is 0.0909. The van der Waals surface area contributed by atoms with Crippen LogP contribution >= 0.6 is 11.6 Å². The summed E-state index contributed by atoms with van der Waals surface area (Å²) in [5.41, 5.74) is 0.685. The number of benzene rings is 1. The Kier molecular flexibility index (Phi) is 3.90. The lowest BCUT2D eigenvalue weighted by Crippen LogP contribution is -2.19. The monoisotopic (exact) mass is 220 g/mol. The zero-order valence-electron chi connectivity index (χ0n) is 8.12. The maximum atomic E-state index is 11.2. The Labute approximate surface area is 93.0 Å². The normalized spacial score (nSPS) is 10.6. The summed E-state index contributed by atoms with van der Waals surface area (Å²) in [7, 11) is 1.47. The highest BCUT2D eigenvalue weighted by molar-refractivity contribution is 6.32. The molecule has 0 aliphatic carbocycles. The van der Waals surface area contributed by atoms with Gasteiger partial charge in [0.25, 0.3) is 5.91 Å². The highest BCUT2D eigenvalue weighted by Crippen LogP contribution is 2.17. The van der Waals surface area contributed by atoms with Gasteiger partial charge in [-0.05, 0) is 17.7 Å². The number of hydrogen-bond acceptors (Lipinski definition) is 2. The molecular weight excluding hydrogens is 212 g/mol. The first-order valence-corrected chi connectivity index (χ1v) is 4.65. The van der Waals surface area contributed by atoms with E-state index in [4.69, 9.17) is 16.9 Å². The zero-order valence-corrected chi connectivity index (χ0v) is 8.88. The van der Waals surface area contributed by atoms with Crippen LogP contribution in [-0.4, -0.2) is 13.0 Å². The first-order valence-electron chi connectivity index (χ1n) is 4.27. The van der Waals surface area contributed by atoms with E-state index in [9.17, 15) is 4.79 Å². The van der Waals surface area contributed by atoms with Gasteiger partial charge in [-0.15, -0.1) is 0 Å². The predicted octanol–water partition coefficient (Wildman–Crippen LogP) is 1.99. The SMILES string of the molecule is CNC(=O)/C(C#N)=C/c1ccccc1Cl. The summed E-state index contributed by atoms with van der Waals surface area (Å²) in [4.78, 5) is 11.2. The summed E-state index contributed by atoms with van der Waals surface area (Å²) in [6, 6.07) is 8.83. The smallest absolute Gasteiger partial charge is 0.261 e. The quantitative estimate of drug-likeness (QED) is 0.612. The lowest BCUT2D eigenvalue weighted by molar-refractivity contribution is -0.116. The molecule has 0 unspecified atom stereocenters. The van der Waals surface area contributed by atoms with Crippen LogP contribution in [0, 0.1) is 11.3 Å². The Bertz CT molecular complexity index is 446. The summed E-state index contributed by atoms with van der Waals surface area (Å²) in [6.45, 7) is 0. The van der Waals surface area contributed by atoms with Crippen molar-refractivity contribution in [3.63, 3.8) is 0 Å². The van der Waals surface area contributed by atoms with Crippen LogP contribution in [0.3, 0.4) is 0 Å². The number of carbonyl (C=O) groups is 1. The van der Waals surface area contributed by atoms with Crippen LogP contribution in [0.1, 0.15) is 5.56 Å². The van der Waals surface area contributed by atoms with Gasteiger partial charge in [0.05, 0.1) is 0 Å². The van der Waals surface area contributed by atoms with Crippen molar-refractivity contribution in [2.45, 2.75) is 0 Å². The molecule has 0 saturated carbocycles. The van der Waals surface area contributed by atoms with Crippen LogP contribution in [0.25, 0.3) is 6.08 Å². The van der Waals surface area contributed by atoms with Crippen molar-refractivity contribution >= 4 is 23.6 Å². The van der Waals surface area contributed by atoms with Crippen molar-refractivity contribution in [3.05, 3.63) is 40.4 Å². The molecule has 0 aliphatic rings. The van der Waals surface area contributed by atoms with E-state index in [1.165, 1.54) is 13.1 Å². The van der Waals surface area contributed by atoms with E-state index in [1.807, 2.05) is 6.07 Å². The molecule has 0 saturated heterocycles. The average molecular weight is 221 g/mol. The van der Waals surface area contributed by atoms with Gasteiger partial charge < -0.3 is 5.32 Å². The van der Waals surface area contributed by atoms with Crippen LogP contribution in [-0.2, 0) is 4.79 Å². The van der Waals surface area contributed by atoms with Gasteiger partial charge in [0.15, 0.2) is 0 Å². The van der Waals surface area contributed by atoms with Gasteiger partial charge in [-0.1, -0.05) is 29.8 Å². The Morgan fingerprint density at radius 1 is 1.53 bits per heavy atom. The Balaban J connectivity index is 3.11. The third kappa shape index (κ3) is 2.83. The van der Waals surface area contributed by atoms with Gasteiger partial charge in [0.1, 0.15) is 11.6 Å². The van der Waals surface area contributed by atoms with E-state index in [-0.39, 0.29) is 5.57 Å². The van der Waals surface area contributed by atoms with Gasteiger partial charge in [0, 0.05) is 12.1 Å². The molecule has 0 atom stereocenters. The number of carbonyl (C=O) groups excluding carboxylic acids is 1. The highest BCUT2D eigenvalue weighted by Gasteiger charge is 2.06. The maximum Gasteiger partial charge on any atom is 0.261 e. The van der Waals surface area contributed by atoms with Gasteiger partial charge in [-0.25, -0.2) is 0 Å². The molecule has 0 fully saturated rings. The molecule has 3 nitrogen and oxygen atoms in total. The number of likely N-dealkylation sites (N-methyl/N-ethyl adjacent to an activating group) is 1. The van der Waals surface area contributed by atoms with E-state index in [0.717, 1.165) is 0 Å². The second kappa shape index (κ2) is 5.18. The van der Waals surface area contributed by atoms with Crippen molar-refractivity contribution in [1.82, 2.24) is 5.32 Å². The molecule has 1 aromatic rings. The Morgan fingerprint density at radius 2 is 2.20 bits per heavy atom. The number of nitrogens with one attached hydrogen (secondary N) is 1. The van der Waals surface area contributed by atoms with Crippen LogP contribution in [0.4, 0.5) is 0 Å². The van der Waals surface area contributed by atoms with Gasteiger partial charge >= 0.3 is 0 Å². The van der Waals surface area contributed by atoms with Gasteiger partial charge in [0.2, 0.25) is 0 Å². The molecule has 1 amide bonds. The lowest BCUT2D eigenvalue weighted by Gasteiger charge is -1.99. The number of amides is 1. The molecule has 0 heterocycles. The Hall–Kier alpha value is -1.79. The minimum atomic E-state index is -0.419. The number of rotatable bonds is 2. The molecule has 0 spiro atoms. The fourth-order valence-electron chi connectivity index (χ4n) is 1.03. The number of hydrogen-bond donors (Lipinski definition) is 1. The minimum absolute atomic E-state index is 0.0330. The van der Waals surface area contributed by atoms with Crippen LogP contribution in [0.15, 0.2) is 29.8 Å². The average Bonchev–Trinajstić information content (AvgIpc) is 2.27. The van der Waals surface area contributed by atoms with E-state index in [1.54, 1.807) is 24.3 Å². The third-order valence-electron chi connectivity index (χ3n) is 1.80. The van der Waals surface area contributed by atoms with Crippen molar-refractivity contribution in [3.8, 4) is 6.07 Å². The number of nitriles is 1. The van der Waals surface area contributed by atoms with Crippen molar-refractivity contribution < 1.29 is 4.79 Å². The van der Waals surface area contributed by atoms with Crippen LogP contribution in [0.2, 0.25) is 5.02 Å². The molecule has 0 bridgehead atoms. The molecule has 4 heteroatoms. The van der Waals surface area contributed by atoms with E-state index in [0.29, 0.717) is 10.6 Å². The summed E-state index contributed by atoms with van der Waals surface area (Å²) in [5.74, 6) is -0.419. The molecule has 0 radical (unpaired) electrons. The van der Waals surface area contributed by atoms with Crippen molar-refractivity contribution in [1.29, 1.82) is 5.26 Å². The molecule has 1 N–H and O–H groups in total. The molecule has 76 valence electrons. The second-order valence-electron chi connectivity index (χ2n) is 2.77. The maximum absolute atomic E-state index is 11.2. The van der Waals surface area contributed by atoms with E-state index in [2.05, 4.69) is 5.32 Å². The number of halogens is 1. The second-order valence-corrected chi connectivity index (χ2v) is 3.18. The summed E-state index contributed by atoms with van der Waals surface area (Å²) < 4.78 is 0. The standard InChI is InChI=1S/C11H9ClN2O/c1-14-11(15)9(7-13)6-8-4-2-3-5-10(8)12/h2-6H,1H3,(H,14,15)/b9-6+. The molecule has 15 heavy (non-hydrogen) atoms. The summed E-state index contributed by atoms with van der Waals surface area (Å²) >= 11 is 5.89. The third-order valence-corrected chi connectivity index (χ3v) is 2.14. The molecule has 1 rings (SSSR count). The molecule has 1 aromatic carbocycles. The molecular formula is C11H9ClN2O. The van der Waals surface area contributed by atoms with Crippen LogP contribution in [0.5, 0.6) is 0 Å². The fourth-order valence-corrected chi connectivity index (χ4v) is 1.22. The van der Waals surface area contributed by atoms with Crippen molar-refractivity contribution in [2.24, 2.45) is 0 Å². The van der Waals surface area contributed by atoms with Gasteiger partial charge in [-0.3, -0.25) is 4.79 Å². The molecule has 0 aromatic heterocycles. The first-order chi connectivity index (χ1) is 7.19. The number of nitrogens with zero attached hydrogens (tertiary/aromatic N) is 1. The largest absolute Gasteiger partial charge is 0.354 e. The molecule has 0 aliphatic heterocycles. The minimum Gasteiger partial charge on any atom is -0.354 e. The zero-order chi connectivity index (χ0) is 11.3. The van der Waals surface area contributed by atoms with Gasteiger partial charge in [-0.2, -0.15) is 5.26 Å². The first kappa shape index (κ1) is 11.3. The predicted molar refractivity (Wildman–Crippen MR) is 59.1 cm³/mol. The topological polar surface area (TPSA) is 52.9 Å². The van der Waals surface area contributed by atoms with Crippen LogP contribution < -0.4 is 5.32 Å². The van der Waals surface area contributed by atoms with E-state index < -0.39 is 5.91 Å². The highest BCUT2D eigenvalue weighted by atomic mass is 35.5. The summed E-state index contributed by atoms with van der Waals surface area (Å²) in [5, 5.41) is 11.6. The Morgan fingerprint density at radius 3 is 2.73 bits per heavy atom. The summed E-state index contributed by atoms with van der Waals surface area (Å²) in [6.07, 6.45) is 1.46. The van der Waals surface area contributed by atoms with E-state index >= 15 is 0 Å².